The molecule has 3 nitrogen and oxygen atoms in total. The molecule has 1 atom stereocenters. The number of benzene rings is 1. The number of ketones is 1. The van der Waals surface area contributed by atoms with E-state index in [1.54, 1.807) is 11.8 Å². The molecule has 0 aliphatic carbocycles. The van der Waals surface area contributed by atoms with Crippen LogP contribution in [0.3, 0.4) is 0 Å². The van der Waals surface area contributed by atoms with Crippen LogP contribution in [0.15, 0.2) is 29.2 Å². The molecule has 0 spiro atoms. The molecule has 1 aliphatic heterocycles. The van der Waals surface area contributed by atoms with Gasteiger partial charge in [-0.05, 0) is 38.9 Å². The number of hydrogen-bond donors (Lipinski definition) is 0. The van der Waals surface area contributed by atoms with E-state index in [-0.39, 0.29) is 5.78 Å². The van der Waals surface area contributed by atoms with Gasteiger partial charge < -0.3 is 4.90 Å². The van der Waals surface area contributed by atoms with Gasteiger partial charge in [0, 0.05) is 29.6 Å². The van der Waals surface area contributed by atoms with E-state index in [2.05, 4.69) is 23.9 Å². The maximum Gasteiger partial charge on any atom is 0.176 e. The normalized spacial score (nSPS) is 20.1. The summed E-state index contributed by atoms with van der Waals surface area (Å²) in [4.78, 5) is 17.9. The van der Waals surface area contributed by atoms with Crippen molar-refractivity contribution in [1.82, 2.24) is 9.80 Å². The van der Waals surface area contributed by atoms with Gasteiger partial charge in [0.2, 0.25) is 0 Å². The number of likely N-dealkylation sites (tertiary alicyclic amines) is 1. The quantitative estimate of drug-likeness (QED) is 0.609. The Morgan fingerprint density at radius 1 is 1.37 bits per heavy atom. The first-order chi connectivity index (χ1) is 9.10. The van der Waals surface area contributed by atoms with Crippen molar-refractivity contribution < 1.29 is 4.79 Å². The Hall–Kier alpha value is -0.840. The lowest BCUT2D eigenvalue weighted by Crippen LogP contribution is -2.33. The zero-order valence-corrected chi connectivity index (χ0v) is 12.7. The van der Waals surface area contributed by atoms with Crippen LogP contribution in [0.4, 0.5) is 0 Å². The number of rotatable bonds is 5. The summed E-state index contributed by atoms with van der Waals surface area (Å²) in [6.07, 6.45) is 3.20. The molecular formula is C15H22N2OS. The van der Waals surface area contributed by atoms with Crippen molar-refractivity contribution in [1.29, 1.82) is 0 Å². The van der Waals surface area contributed by atoms with E-state index in [9.17, 15) is 4.79 Å². The van der Waals surface area contributed by atoms with Crippen LogP contribution in [-0.4, -0.2) is 61.6 Å². The summed E-state index contributed by atoms with van der Waals surface area (Å²) in [6, 6.07) is 8.50. The minimum Gasteiger partial charge on any atom is -0.305 e. The summed E-state index contributed by atoms with van der Waals surface area (Å²) in [5.41, 5.74) is 0.825. The molecule has 1 fully saturated rings. The van der Waals surface area contributed by atoms with Crippen molar-refractivity contribution in [2.24, 2.45) is 0 Å². The van der Waals surface area contributed by atoms with Crippen LogP contribution in [0.1, 0.15) is 16.8 Å². The SMILES string of the molecule is CSc1ccc(C(=O)CN2CCC(N(C)C)C2)cc1. The smallest absolute Gasteiger partial charge is 0.176 e. The van der Waals surface area contributed by atoms with E-state index in [1.165, 1.54) is 4.90 Å². The third kappa shape index (κ3) is 3.81. The highest BCUT2D eigenvalue weighted by Gasteiger charge is 2.25. The van der Waals surface area contributed by atoms with Gasteiger partial charge >= 0.3 is 0 Å². The van der Waals surface area contributed by atoms with Gasteiger partial charge in [-0.2, -0.15) is 0 Å². The van der Waals surface area contributed by atoms with E-state index in [4.69, 9.17) is 0 Å². The summed E-state index contributed by atoms with van der Waals surface area (Å²) in [7, 11) is 4.22. The minimum atomic E-state index is 0.229. The van der Waals surface area contributed by atoms with E-state index in [0.717, 1.165) is 25.1 Å². The highest BCUT2D eigenvalue weighted by Crippen LogP contribution is 2.17. The predicted octanol–water partition coefficient (Wildman–Crippen LogP) is 2.23. The van der Waals surface area contributed by atoms with Crippen molar-refractivity contribution in [2.45, 2.75) is 17.4 Å². The second kappa shape index (κ2) is 6.55. The fourth-order valence-electron chi connectivity index (χ4n) is 2.45. The second-order valence-electron chi connectivity index (χ2n) is 5.29. The average Bonchev–Trinajstić information content (AvgIpc) is 2.87. The number of likely N-dealkylation sites (N-methyl/N-ethyl adjacent to an activating group) is 1. The molecule has 4 heteroatoms. The Bertz CT molecular complexity index is 430. The highest BCUT2D eigenvalue weighted by molar-refractivity contribution is 7.98. The van der Waals surface area contributed by atoms with Gasteiger partial charge in [0.15, 0.2) is 5.78 Å². The van der Waals surface area contributed by atoms with Crippen LogP contribution in [0.5, 0.6) is 0 Å². The second-order valence-corrected chi connectivity index (χ2v) is 6.17. The minimum absolute atomic E-state index is 0.229. The van der Waals surface area contributed by atoms with E-state index < -0.39 is 0 Å². The number of carbonyl (C=O) groups excluding carboxylic acids is 1. The van der Waals surface area contributed by atoms with Crippen molar-refractivity contribution in [3.63, 3.8) is 0 Å². The molecule has 1 aromatic carbocycles. The van der Waals surface area contributed by atoms with E-state index in [1.807, 2.05) is 30.5 Å². The van der Waals surface area contributed by atoms with Crippen LogP contribution in [0.25, 0.3) is 0 Å². The monoisotopic (exact) mass is 278 g/mol. The largest absolute Gasteiger partial charge is 0.305 e. The molecule has 1 aliphatic rings. The Morgan fingerprint density at radius 2 is 2.05 bits per heavy atom. The molecule has 0 bridgehead atoms. The van der Waals surface area contributed by atoms with Crippen LogP contribution < -0.4 is 0 Å². The number of thioether (sulfide) groups is 1. The van der Waals surface area contributed by atoms with Gasteiger partial charge in [-0.25, -0.2) is 0 Å². The Balaban J connectivity index is 1.90. The molecule has 1 unspecified atom stereocenters. The zero-order chi connectivity index (χ0) is 13.8. The zero-order valence-electron chi connectivity index (χ0n) is 11.9. The summed E-state index contributed by atoms with van der Waals surface area (Å²) in [6.45, 7) is 2.57. The van der Waals surface area contributed by atoms with Crippen molar-refractivity contribution >= 4 is 17.5 Å². The summed E-state index contributed by atoms with van der Waals surface area (Å²) < 4.78 is 0. The fraction of sp³-hybridized carbons (Fsp3) is 0.533. The molecule has 0 amide bonds. The van der Waals surface area contributed by atoms with Gasteiger partial charge in [-0.15, -0.1) is 11.8 Å². The first-order valence-corrected chi connectivity index (χ1v) is 7.88. The lowest BCUT2D eigenvalue weighted by molar-refractivity contribution is 0.0941. The molecule has 2 rings (SSSR count). The topological polar surface area (TPSA) is 23.6 Å². The standard InChI is InChI=1S/C15H22N2OS/c1-16(2)13-8-9-17(10-13)11-15(18)12-4-6-14(19-3)7-5-12/h4-7,13H,8-11H2,1-3H3. The van der Waals surface area contributed by atoms with Crippen LogP contribution >= 0.6 is 11.8 Å². The van der Waals surface area contributed by atoms with Crippen LogP contribution in [-0.2, 0) is 0 Å². The maximum absolute atomic E-state index is 12.2. The van der Waals surface area contributed by atoms with Crippen molar-refractivity contribution in [2.75, 3.05) is 40.0 Å². The first-order valence-electron chi connectivity index (χ1n) is 6.66. The Kier molecular flexibility index (Phi) is 5.02. The van der Waals surface area contributed by atoms with Gasteiger partial charge in [-0.3, -0.25) is 9.69 Å². The summed E-state index contributed by atoms with van der Waals surface area (Å²) in [5, 5.41) is 0. The molecule has 0 saturated carbocycles. The lowest BCUT2D eigenvalue weighted by Gasteiger charge is -2.19. The first kappa shape index (κ1) is 14.6. The van der Waals surface area contributed by atoms with E-state index >= 15 is 0 Å². The average molecular weight is 278 g/mol. The number of nitrogens with zero attached hydrogens (tertiary/aromatic N) is 2. The number of Topliss-reactive ketones (excluding diaryl/α,β-unsaturated/α-hetero) is 1. The summed E-state index contributed by atoms with van der Waals surface area (Å²) in [5.74, 6) is 0.229. The van der Waals surface area contributed by atoms with Crippen molar-refractivity contribution in [3.8, 4) is 0 Å². The molecular weight excluding hydrogens is 256 g/mol. The third-order valence-corrected chi connectivity index (χ3v) is 4.50. The molecule has 0 N–H and O–H groups in total. The number of carbonyl (C=O) groups is 1. The molecule has 104 valence electrons. The fourth-order valence-corrected chi connectivity index (χ4v) is 2.86. The van der Waals surface area contributed by atoms with Gasteiger partial charge in [-0.1, -0.05) is 12.1 Å². The van der Waals surface area contributed by atoms with Crippen LogP contribution in [0.2, 0.25) is 0 Å². The Morgan fingerprint density at radius 3 is 2.58 bits per heavy atom. The van der Waals surface area contributed by atoms with Gasteiger partial charge in [0.25, 0.3) is 0 Å². The molecule has 1 saturated heterocycles. The van der Waals surface area contributed by atoms with Crippen LogP contribution in [0, 0.1) is 0 Å². The lowest BCUT2D eigenvalue weighted by atomic mass is 10.1. The molecule has 19 heavy (non-hydrogen) atoms. The Labute approximate surface area is 120 Å². The van der Waals surface area contributed by atoms with Gasteiger partial charge in [0.05, 0.1) is 6.54 Å². The molecule has 0 aromatic heterocycles. The molecule has 1 aromatic rings. The third-order valence-electron chi connectivity index (χ3n) is 3.76. The summed E-state index contributed by atoms with van der Waals surface area (Å²) >= 11 is 1.70. The molecule has 0 radical (unpaired) electrons. The predicted molar refractivity (Wildman–Crippen MR) is 81.1 cm³/mol. The molecule has 1 heterocycles. The highest BCUT2D eigenvalue weighted by atomic mass is 32.2. The van der Waals surface area contributed by atoms with Gasteiger partial charge in [0.1, 0.15) is 0 Å². The van der Waals surface area contributed by atoms with Crippen molar-refractivity contribution in [3.05, 3.63) is 29.8 Å². The van der Waals surface area contributed by atoms with E-state index in [0.29, 0.717) is 12.6 Å². The number of hydrogen-bond acceptors (Lipinski definition) is 4. The maximum atomic E-state index is 12.2.